The van der Waals surface area contributed by atoms with Crippen LogP contribution in [0, 0.1) is 0 Å². The van der Waals surface area contributed by atoms with E-state index in [2.05, 4.69) is 4.98 Å². The number of benzene rings is 1. The molecule has 0 saturated carbocycles. The Bertz CT molecular complexity index is 962. The number of fused-ring (bicyclic) bond motifs is 1. The maximum absolute atomic E-state index is 13.2. The van der Waals surface area contributed by atoms with Crippen molar-refractivity contribution in [3.8, 4) is 0 Å². The molecular weight excluding hydrogens is 359 g/mol. The van der Waals surface area contributed by atoms with Gasteiger partial charge in [0, 0.05) is 37.3 Å². The Morgan fingerprint density at radius 1 is 1.04 bits per heavy atom. The summed E-state index contributed by atoms with van der Waals surface area (Å²) < 4.78 is 44.9. The Morgan fingerprint density at radius 2 is 1.78 bits per heavy atom. The molecule has 140 valence electrons. The number of aromatic nitrogens is 1. The third-order valence-electron chi connectivity index (χ3n) is 4.62. The molecule has 1 aromatic carbocycles. The van der Waals surface area contributed by atoms with Crippen LogP contribution in [-0.4, -0.2) is 42.0 Å². The van der Waals surface area contributed by atoms with Gasteiger partial charge < -0.3 is 14.2 Å². The van der Waals surface area contributed by atoms with Gasteiger partial charge in [-0.1, -0.05) is 18.2 Å². The highest BCUT2D eigenvalue weighted by atomic mass is 19.4. The number of anilines is 1. The molecule has 0 bridgehead atoms. The Balaban J connectivity index is 1.61. The largest absolute Gasteiger partial charge is 0.459 e. The highest BCUT2D eigenvalue weighted by molar-refractivity contribution is 5.93. The molecule has 4 rings (SSSR count). The average molecular weight is 375 g/mol. The fourth-order valence-corrected chi connectivity index (χ4v) is 3.27. The van der Waals surface area contributed by atoms with Crippen LogP contribution in [0.3, 0.4) is 0 Å². The molecule has 2 aromatic heterocycles. The lowest BCUT2D eigenvalue weighted by atomic mass is 10.1. The van der Waals surface area contributed by atoms with Gasteiger partial charge in [0.1, 0.15) is 5.69 Å². The van der Waals surface area contributed by atoms with E-state index in [1.807, 2.05) is 4.90 Å². The number of halogens is 3. The zero-order chi connectivity index (χ0) is 19.0. The highest BCUT2D eigenvalue weighted by Crippen LogP contribution is 2.35. The molecule has 1 aliphatic rings. The number of nitrogens with zero attached hydrogens (tertiary/aromatic N) is 3. The summed E-state index contributed by atoms with van der Waals surface area (Å²) in [5, 5.41) is 0.663. The van der Waals surface area contributed by atoms with Crippen molar-refractivity contribution in [1.82, 2.24) is 9.88 Å². The molecule has 0 unspecified atom stereocenters. The minimum atomic E-state index is -4.52. The SMILES string of the molecule is O=C(c1ccco1)N1CCN(c2cc(C(F)(F)F)nc3ccccc23)CC1. The second-order valence-electron chi connectivity index (χ2n) is 6.30. The standard InChI is InChI=1S/C19H16F3N3O2/c20-19(21,22)17-12-15(13-4-1-2-5-14(13)23-17)24-7-9-25(10-8-24)18(26)16-6-3-11-27-16/h1-6,11-12H,7-10H2. The number of para-hydroxylation sites is 1. The van der Waals surface area contributed by atoms with Crippen molar-refractivity contribution in [2.24, 2.45) is 0 Å². The van der Waals surface area contributed by atoms with Gasteiger partial charge in [-0.05, 0) is 24.3 Å². The topological polar surface area (TPSA) is 49.6 Å². The van der Waals surface area contributed by atoms with Crippen LogP contribution < -0.4 is 4.90 Å². The van der Waals surface area contributed by atoms with Crippen molar-refractivity contribution < 1.29 is 22.4 Å². The number of alkyl halides is 3. The number of hydrogen-bond donors (Lipinski definition) is 0. The first kappa shape index (κ1) is 17.4. The zero-order valence-electron chi connectivity index (χ0n) is 14.2. The van der Waals surface area contributed by atoms with Crippen LogP contribution in [0.1, 0.15) is 16.2 Å². The summed E-state index contributed by atoms with van der Waals surface area (Å²) >= 11 is 0. The van der Waals surface area contributed by atoms with Crippen molar-refractivity contribution in [3.63, 3.8) is 0 Å². The van der Waals surface area contributed by atoms with Gasteiger partial charge in [0.15, 0.2) is 5.76 Å². The van der Waals surface area contributed by atoms with E-state index < -0.39 is 11.9 Å². The number of furan rings is 1. The first-order valence-corrected chi connectivity index (χ1v) is 8.48. The molecule has 0 N–H and O–H groups in total. The summed E-state index contributed by atoms with van der Waals surface area (Å²) in [7, 11) is 0. The van der Waals surface area contributed by atoms with Crippen molar-refractivity contribution in [2.75, 3.05) is 31.1 Å². The third kappa shape index (κ3) is 3.34. The van der Waals surface area contributed by atoms with E-state index in [9.17, 15) is 18.0 Å². The molecule has 1 fully saturated rings. The summed E-state index contributed by atoms with van der Waals surface area (Å²) in [6.07, 6.45) is -3.08. The maximum atomic E-state index is 13.2. The van der Waals surface area contributed by atoms with Crippen LogP contribution in [0.15, 0.2) is 53.1 Å². The lowest BCUT2D eigenvalue weighted by Gasteiger charge is -2.36. The van der Waals surface area contributed by atoms with Gasteiger partial charge >= 0.3 is 6.18 Å². The number of carbonyl (C=O) groups excluding carboxylic acids is 1. The van der Waals surface area contributed by atoms with Crippen LogP contribution in [0.4, 0.5) is 18.9 Å². The van der Waals surface area contributed by atoms with Crippen molar-refractivity contribution in [1.29, 1.82) is 0 Å². The van der Waals surface area contributed by atoms with Crippen molar-refractivity contribution in [2.45, 2.75) is 6.18 Å². The van der Waals surface area contributed by atoms with Gasteiger partial charge in [0.2, 0.25) is 0 Å². The fourth-order valence-electron chi connectivity index (χ4n) is 3.27. The number of rotatable bonds is 2. The second kappa shape index (κ2) is 6.61. The Labute approximate surface area is 153 Å². The molecule has 0 aliphatic carbocycles. The van der Waals surface area contributed by atoms with E-state index in [0.717, 1.165) is 6.07 Å². The van der Waals surface area contributed by atoms with Crippen LogP contribution in [0.25, 0.3) is 10.9 Å². The van der Waals surface area contributed by atoms with Crippen molar-refractivity contribution in [3.05, 3.63) is 60.2 Å². The van der Waals surface area contributed by atoms with E-state index in [4.69, 9.17) is 4.42 Å². The summed E-state index contributed by atoms with van der Waals surface area (Å²) in [4.78, 5) is 19.6. The molecule has 0 atom stereocenters. The molecule has 8 heteroatoms. The van der Waals surface area contributed by atoms with Gasteiger partial charge in [0.25, 0.3) is 5.91 Å². The molecule has 1 amide bonds. The number of piperazine rings is 1. The van der Waals surface area contributed by atoms with Gasteiger partial charge in [-0.2, -0.15) is 13.2 Å². The summed E-state index contributed by atoms with van der Waals surface area (Å²) in [5.41, 5.74) is -0.125. The van der Waals surface area contributed by atoms with Crippen LogP contribution in [0.2, 0.25) is 0 Å². The van der Waals surface area contributed by atoms with E-state index >= 15 is 0 Å². The van der Waals surface area contributed by atoms with Crippen LogP contribution in [-0.2, 0) is 6.18 Å². The molecular formula is C19H16F3N3O2. The second-order valence-corrected chi connectivity index (χ2v) is 6.30. The van der Waals surface area contributed by atoms with Gasteiger partial charge in [-0.25, -0.2) is 4.98 Å². The number of pyridine rings is 1. The summed E-state index contributed by atoms with van der Waals surface area (Å²) in [6.45, 7) is 1.66. The Kier molecular flexibility index (Phi) is 4.25. The van der Waals surface area contributed by atoms with E-state index in [1.54, 1.807) is 41.3 Å². The summed E-state index contributed by atoms with van der Waals surface area (Å²) in [5.74, 6) is 0.0485. The van der Waals surface area contributed by atoms with Crippen molar-refractivity contribution >= 4 is 22.5 Å². The predicted molar refractivity (Wildman–Crippen MR) is 93.6 cm³/mol. The molecule has 27 heavy (non-hydrogen) atoms. The van der Waals surface area contributed by atoms with E-state index in [1.165, 1.54) is 6.26 Å². The highest BCUT2D eigenvalue weighted by Gasteiger charge is 2.34. The zero-order valence-corrected chi connectivity index (χ0v) is 14.2. The smallest absolute Gasteiger partial charge is 0.433 e. The van der Waals surface area contributed by atoms with Gasteiger partial charge in [0.05, 0.1) is 11.8 Å². The molecule has 5 nitrogen and oxygen atoms in total. The van der Waals surface area contributed by atoms with Crippen LogP contribution in [0.5, 0.6) is 0 Å². The normalized spacial score (nSPS) is 15.4. The van der Waals surface area contributed by atoms with E-state index in [-0.39, 0.29) is 11.7 Å². The Hall–Kier alpha value is -3.03. The Morgan fingerprint density at radius 3 is 2.44 bits per heavy atom. The monoisotopic (exact) mass is 375 g/mol. The minimum Gasteiger partial charge on any atom is -0.459 e. The fraction of sp³-hybridized carbons (Fsp3) is 0.263. The maximum Gasteiger partial charge on any atom is 0.433 e. The molecule has 0 radical (unpaired) electrons. The number of amides is 1. The number of hydrogen-bond acceptors (Lipinski definition) is 4. The summed E-state index contributed by atoms with van der Waals surface area (Å²) in [6, 6.07) is 11.1. The lowest BCUT2D eigenvalue weighted by Crippen LogP contribution is -2.48. The third-order valence-corrected chi connectivity index (χ3v) is 4.62. The first-order chi connectivity index (χ1) is 12.9. The van der Waals surface area contributed by atoms with Gasteiger partial charge in [-0.15, -0.1) is 0 Å². The molecule has 3 aromatic rings. The molecule has 1 saturated heterocycles. The quantitative estimate of drug-likeness (QED) is 0.684. The number of carbonyl (C=O) groups is 1. The van der Waals surface area contributed by atoms with Crippen LogP contribution >= 0.6 is 0 Å². The predicted octanol–water partition coefficient (Wildman–Crippen LogP) is 3.81. The first-order valence-electron chi connectivity index (χ1n) is 8.48. The minimum absolute atomic E-state index is 0.213. The molecule has 3 heterocycles. The average Bonchev–Trinajstić information content (AvgIpc) is 3.21. The lowest BCUT2D eigenvalue weighted by molar-refractivity contribution is -0.140. The van der Waals surface area contributed by atoms with Gasteiger partial charge in [-0.3, -0.25) is 4.79 Å². The molecule has 0 spiro atoms. The molecule has 1 aliphatic heterocycles. The van der Waals surface area contributed by atoms with E-state index in [0.29, 0.717) is 42.8 Å².